The number of rotatable bonds is 2. The molecule has 0 saturated heterocycles. The number of ether oxygens (including phenoxy) is 1. The highest BCUT2D eigenvalue weighted by Gasteiger charge is 2.34. The highest BCUT2D eigenvalue weighted by molar-refractivity contribution is 9.08. The van der Waals surface area contributed by atoms with E-state index in [2.05, 4.69) is 20.9 Å². The van der Waals surface area contributed by atoms with E-state index in [9.17, 15) is 13.2 Å². The van der Waals surface area contributed by atoms with Crippen LogP contribution in [0.5, 0.6) is 5.88 Å². The summed E-state index contributed by atoms with van der Waals surface area (Å²) in [4.78, 5) is 3.69. The third-order valence-corrected chi connectivity index (χ3v) is 2.21. The van der Waals surface area contributed by atoms with E-state index in [0.717, 1.165) is 12.3 Å². The second-order valence-corrected chi connectivity index (χ2v) is 3.04. The van der Waals surface area contributed by atoms with Gasteiger partial charge in [0.2, 0.25) is 5.88 Å². The van der Waals surface area contributed by atoms with Gasteiger partial charge in [-0.2, -0.15) is 13.2 Å². The number of pyridine rings is 1. The predicted octanol–water partition coefficient (Wildman–Crippen LogP) is 3.00. The lowest BCUT2D eigenvalue weighted by Crippen LogP contribution is -2.10. The number of alkyl halides is 4. The van der Waals surface area contributed by atoms with Crippen molar-refractivity contribution < 1.29 is 17.9 Å². The molecule has 0 spiro atoms. The highest BCUT2D eigenvalue weighted by atomic mass is 79.9. The summed E-state index contributed by atoms with van der Waals surface area (Å²) in [5.41, 5.74) is -0.705. The molecule has 0 saturated carbocycles. The summed E-state index contributed by atoms with van der Waals surface area (Å²) >= 11 is 2.97. The van der Waals surface area contributed by atoms with E-state index in [4.69, 9.17) is 4.74 Å². The molecule has 14 heavy (non-hydrogen) atoms. The van der Waals surface area contributed by atoms with Gasteiger partial charge < -0.3 is 4.74 Å². The molecule has 0 aliphatic rings. The van der Waals surface area contributed by atoms with Crippen molar-refractivity contribution in [2.45, 2.75) is 11.5 Å². The van der Waals surface area contributed by atoms with Gasteiger partial charge in [-0.25, -0.2) is 4.98 Å². The third kappa shape index (κ3) is 2.17. The Morgan fingerprint density at radius 1 is 1.50 bits per heavy atom. The van der Waals surface area contributed by atoms with Crippen LogP contribution in [0.3, 0.4) is 0 Å². The molecule has 0 aliphatic carbocycles. The van der Waals surface area contributed by atoms with Crippen LogP contribution in [0.25, 0.3) is 0 Å². The second-order valence-electron chi connectivity index (χ2n) is 2.48. The van der Waals surface area contributed by atoms with Crippen molar-refractivity contribution in [3.05, 3.63) is 23.4 Å². The molecule has 0 amide bonds. The Morgan fingerprint density at radius 2 is 2.14 bits per heavy atom. The number of methoxy groups -OCH3 is 1. The molecule has 0 bridgehead atoms. The van der Waals surface area contributed by atoms with E-state index < -0.39 is 11.7 Å². The van der Waals surface area contributed by atoms with Crippen molar-refractivity contribution in [2.75, 3.05) is 7.11 Å². The van der Waals surface area contributed by atoms with Crippen molar-refractivity contribution in [1.82, 2.24) is 4.98 Å². The molecule has 0 radical (unpaired) electrons. The zero-order valence-corrected chi connectivity index (χ0v) is 8.82. The first-order valence-corrected chi connectivity index (χ1v) is 4.78. The zero-order valence-electron chi connectivity index (χ0n) is 7.23. The standard InChI is InChI=1S/C8H7BrF3NO/c1-14-7-5(4-9)6(2-3-13-7)8(10,11)12/h2-3H,4H2,1H3. The number of halogens is 4. The summed E-state index contributed by atoms with van der Waals surface area (Å²) in [6.45, 7) is 0. The first-order valence-electron chi connectivity index (χ1n) is 3.65. The Balaban J connectivity index is 3.29. The van der Waals surface area contributed by atoms with Gasteiger partial charge in [0.1, 0.15) is 0 Å². The van der Waals surface area contributed by atoms with Gasteiger partial charge in [-0.3, -0.25) is 0 Å². The first kappa shape index (κ1) is 11.3. The number of hydrogen-bond donors (Lipinski definition) is 0. The van der Waals surface area contributed by atoms with Crippen molar-refractivity contribution in [3.8, 4) is 5.88 Å². The van der Waals surface area contributed by atoms with E-state index >= 15 is 0 Å². The van der Waals surface area contributed by atoms with Crippen molar-refractivity contribution in [2.24, 2.45) is 0 Å². The van der Waals surface area contributed by atoms with Crippen LogP contribution in [0.1, 0.15) is 11.1 Å². The van der Waals surface area contributed by atoms with Crippen LogP contribution in [0.4, 0.5) is 13.2 Å². The molecule has 0 aromatic carbocycles. The monoisotopic (exact) mass is 269 g/mol. The van der Waals surface area contributed by atoms with Gasteiger partial charge in [-0.15, -0.1) is 0 Å². The minimum absolute atomic E-state index is 0.00306. The molecule has 1 rings (SSSR count). The lowest BCUT2D eigenvalue weighted by Gasteiger charge is -2.12. The molecule has 2 nitrogen and oxygen atoms in total. The summed E-state index contributed by atoms with van der Waals surface area (Å²) in [5.74, 6) is -0.00306. The molecule has 0 fully saturated rings. The maximum Gasteiger partial charge on any atom is 0.416 e. The lowest BCUT2D eigenvalue weighted by molar-refractivity contribution is -0.138. The second kappa shape index (κ2) is 4.16. The van der Waals surface area contributed by atoms with Crippen molar-refractivity contribution in [1.29, 1.82) is 0 Å². The minimum Gasteiger partial charge on any atom is -0.481 e. The summed E-state index contributed by atoms with van der Waals surface area (Å²) in [5, 5.41) is 0.0544. The summed E-state index contributed by atoms with van der Waals surface area (Å²) < 4.78 is 42.1. The summed E-state index contributed by atoms with van der Waals surface area (Å²) in [7, 11) is 1.29. The van der Waals surface area contributed by atoms with Crippen LogP contribution in [0.15, 0.2) is 12.3 Å². The SMILES string of the molecule is COc1nccc(C(F)(F)F)c1CBr. The smallest absolute Gasteiger partial charge is 0.416 e. The molecule has 1 heterocycles. The predicted molar refractivity (Wildman–Crippen MR) is 48.4 cm³/mol. The van der Waals surface area contributed by atoms with E-state index in [1.165, 1.54) is 7.11 Å². The minimum atomic E-state index is -4.38. The molecule has 0 unspecified atom stereocenters. The Morgan fingerprint density at radius 3 is 2.57 bits per heavy atom. The lowest BCUT2D eigenvalue weighted by atomic mass is 10.1. The highest BCUT2D eigenvalue weighted by Crippen LogP contribution is 2.35. The van der Waals surface area contributed by atoms with Gasteiger partial charge >= 0.3 is 6.18 Å². The maximum absolute atomic E-state index is 12.4. The molecule has 0 N–H and O–H groups in total. The molecule has 1 aromatic rings. The molecule has 0 atom stereocenters. The van der Waals surface area contributed by atoms with Gasteiger partial charge in [0.25, 0.3) is 0 Å². The summed E-state index contributed by atoms with van der Waals surface area (Å²) in [6.07, 6.45) is -3.30. The largest absolute Gasteiger partial charge is 0.481 e. The van der Waals surface area contributed by atoms with Crippen LogP contribution < -0.4 is 4.74 Å². The van der Waals surface area contributed by atoms with Gasteiger partial charge in [0.15, 0.2) is 0 Å². The summed E-state index contributed by atoms with van der Waals surface area (Å²) in [6, 6.07) is 0.930. The molecule has 6 heteroatoms. The van der Waals surface area contributed by atoms with E-state index in [0.29, 0.717) is 0 Å². The zero-order chi connectivity index (χ0) is 10.8. The fourth-order valence-corrected chi connectivity index (χ4v) is 1.59. The Bertz CT molecular complexity index is 327. The average molecular weight is 270 g/mol. The van der Waals surface area contributed by atoms with Gasteiger partial charge in [0.05, 0.1) is 12.7 Å². The number of hydrogen-bond acceptors (Lipinski definition) is 2. The van der Waals surface area contributed by atoms with Crippen molar-refractivity contribution in [3.63, 3.8) is 0 Å². The number of nitrogens with zero attached hydrogens (tertiary/aromatic N) is 1. The molecular formula is C8H7BrF3NO. The van der Waals surface area contributed by atoms with Crippen LogP contribution in [0, 0.1) is 0 Å². The number of aromatic nitrogens is 1. The fraction of sp³-hybridized carbons (Fsp3) is 0.375. The molecular weight excluding hydrogens is 263 g/mol. The van der Waals surface area contributed by atoms with Crippen LogP contribution in [0.2, 0.25) is 0 Å². The topological polar surface area (TPSA) is 22.1 Å². The van der Waals surface area contributed by atoms with E-state index in [-0.39, 0.29) is 16.8 Å². The van der Waals surface area contributed by atoms with Crippen LogP contribution in [-0.2, 0) is 11.5 Å². The van der Waals surface area contributed by atoms with Crippen LogP contribution in [-0.4, -0.2) is 12.1 Å². The van der Waals surface area contributed by atoms with E-state index in [1.807, 2.05) is 0 Å². The normalized spacial score (nSPS) is 11.5. The third-order valence-electron chi connectivity index (χ3n) is 1.65. The Kier molecular flexibility index (Phi) is 3.36. The van der Waals surface area contributed by atoms with E-state index in [1.54, 1.807) is 0 Å². The van der Waals surface area contributed by atoms with Gasteiger partial charge in [-0.1, -0.05) is 15.9 Å². The molecule has 1 aromatic heterocycles. The molecule has 0 aliphatic heterocycles. The average Bonchev–Trinajstić information content (AvgIpc) is 2.15. The van der Waals surface area contributed by atoms with Crippen LogP contribution >= 0.6 is 15.9 Å². The van der Waals surface area contributed by atoms with Crippen molar-refractivity contribution >= 4 is 15.9 Å². The fourth-order valence-electron chi connectivity index (χ4n) is 1.04. The maximum atomic E-state index is 12.4. The van der Waals surface area contributed by atoms with Gasteiger partial charge in [0, 0.05) is 17.1 Å². The quantitative estimate of drug-likeness (QED) is 0.771. The molecule has 78 valence electrons. The Hall–Kier alpha value is -0.780. The van der Waals surface area contributed by atoms with Gasteiger partial charge in [-0.05, 0) is 6.07 Å². The first-order chi connectivity index (χ1) is 6.50. The Labute approximate surface area is 87.2 Å².